The molecule has 0 amide bonds. The van der Waals surface area contributed by atoms with Gasteiger partial charge in [0, 0.05) is 20.1 Å². The van der Waals surface area contributed by atoms with Crippen molar-refractivity contribution in [1.82, 2.24) is 9.03 Å². The van der Waals surface area contributed by atoms with E-state index in [0.717, 1.165) is 0 Å². The van der Waals surface area contributed by atoms with Gasteiger partial charge >= 0.3 is 0 Å². The first-order chi connectivity index (χ1) is 7.63. The minimum absolute atomic E-state index is 0.0538. The van der Waals surface area contributed by atoms with Crippen molar-refractivity contribution in [3.05, 3.63) is 0 Å². The number of nitrogens with zero attached hydrogens (tertiary/aromatic N) is 1. The Bertz CT molecular complexity index is 313. The SMILES string of the molecule is CC(C)C(C)(C)CNS(=O)(=O)N(C)CCCN. The molecule has 5 nitrogen and oxygen atoms in total. The highest BCUT2D eigenvalue weighted by Crippen LogP contribution is 2.24. The van der Waals surface area contributed by atoms with Gasteiger partial charge in [0.05, 0.1) is 0 Å². The predicted octanol–water partition coefficient (Wildman–Crippen LogP) is 0.784. The molecule has 0 saturated carbocycles. The van der Waals surface area contributed by atoms with Crippen LogP contribution in [-0.4, -0.2) is 39.4 Å². The van der Waals surface area contributed by atoms with Crippen LogP contribution in [0.1, 0.15) is 34.1 Å². The van der Waals surface area contributed by atoms with Gasteiger partial charge in [-0.15, -0.1) is 0 Å². The van der Waals surface area contributed by atoms with Crippen LogP contribution >= 0.6 is 0 Å². The average molecular weight is 265 g/mol. The summed E-state index contributed by atoms with van der Waals surface area (Å²) in [6.07, 6.45) is 0.672. The van der Waals surface area contributed by atoms with Gasteiger partial charge in [0.25, 0.3) is 10.2 Å². The zero-order valence-electron chi connectivity index (χ0n) is 11.7. The summed E-state index contributed by atoms with van der Waals surface area (Å²) >= 11 is 0. The number of rotatable bonds is 8. The topological polar surface area (TPSA) is 75.4 Å². The molecule has 0 aromatic heterocycles. The van der Waals surface area contributed by atoms with Crippen molar-refractivity contribution in [3.63, 3.8) is 0 Å². The summed E-state index contributed by atoms with van der Waals surface area (Å²) in [4.78, 5) is 0. The largest absolute Gasteiger partial charge is 0.330 e. The molecule has 0 rings (SSSR count). The van der Waals surface area contributed by atoms with Crippen LogP contribution in [0.3, 0.4) is 0 Å². The van der Waals surface area contributed by atoms with E-state index in [1.165, 1.54) is 4.31 Å². The Kier molecular flexibility index (Phi) is 6.61. The fraction of sp³-hybridized carbons (Fsp3) is 1.00. The Hall–Kier alpha value is -0.170. The van der Waals surface area contributed by atoms with Crippen molar-refractivity contribution in [3.8, 4) is 0 Å². The van der Waals surface area contributed by atoms with Gasteiger partial charge in [0.1, 0.15) is 0 Å². The highest BCUT2D eigenvalue weighted by Gasteiger charge is 2.26. The van der Waals surface area contributed by atoms with Gasteiger partial charge < -0.3 is 5.73 Å². The molecule has 0 saturated heterocycles. The molecule has 0 unspecified atom stereocenters. The van der Waals surface area contributed by atoms with Crippen LogP contribution in [0.5, 0.6) is 0 Å². The standard InChI is InChI=1S/C11H27N3O2S/c1-10(2)11(3,4)9-13-17(15,16)14(5)8-6-7-12/h10,13H,6-9,12H2,1-5H3. The van der Waals surface area contributed by atoms with Gasteiger partial charge in [0.2, 0.25) is 0 Å². The second-order valence-corrected chi connectivity index (χ2v) is 7.30. The zero-order chi connectivity index (χ0) is 13.7. The third-order valence-electron chi connectivity index (χ3n) is 3.36. The second kappa shape index (κ2) is 6.68. The van der Waals surface area contributed by atoms with Gasteiger partial charge in [-0.3, -0.25) is 0 Å². The van der Waals surface area contributed by atoms with Crippen molar-refractivity contribution < 1.29 is 8.42 Å². The van der Waals surface area contributed by atoms with Crippen LogP contribution in [0.4, 0.5) is 0 Å². The molecule has 0 radical (unpaired) electrons. The zero-order valence-corrected chi connectivity index (χ0v) is 12.5. The molecular formula is C11H27N3O2S. The van der Waals surface area contributed by atoms with Crippen LogP contribution in [0.15, 0.2) is 0 Å². The number of nitrogens with one attached hydrogen (secondary N) is 1. The first kappa shape index (κ1) is 16.8. The molecule has 0 aliphatic carbocycles. The monoisotopic (exact) mass is 265 g/mol. The van der Waals surface area contributed by atoms with Gasteiger partial charge in [-0.1, -0.05) is 27.7 Å². The quantitative estimate of drug-likeness (QED) is 0.681. The van der Waals surface area contributed by atoms with E-state index in [9.17, 15) is 8.42 Å². The summed E-state index contributed by atoms with van der Waals surface area (Å²) in [7, 11) is -1.80. The van der Waals surface area contributed by atoms with E-state index in [2.05, 4.69) is 32.4 Å². The lowest BCUT2D eigenvalue weighted by molar-refractivity contribution is 0.250. The van der Waals surface area contributed by atoms with Crippen LogP contribution in [0.25, 0.3) is 0 Å². The molecule has 104 valence electrons. The van der Waals surface area contributed by atoms with Gasteiger partial charge in [0.15, 0.2) is 0 Å². The number of hydrogen-bond acceptors (Lipinski definition) is 3. The van der Waals surface area contributed by atoms with Crippen molar-refractivity contribution in [2.24, 2.45) is 17.1 Å². The molecule has 0 fully saturated rings. The first-order valence-electron chi connectivity index (χ1n) is 6.04. The van der Waals surface area contributed by atoms with E-state index in [1.807, 2.05) is 0 Å². The molecule has 0 aromatic rings. The molecule has 0 bridgehead atoms. The van der Waals surface area contributed by atoms with Gasteiger partial charge in [-0.05, 0) is 24.3 Å². The molecule has 0 aliphatic rings. The molecular weight excluding hydrogens is 238 g/mol. The minimum Gasteiger partial charge on any atom is -0.330 e. The van der Waals surface area contributed by atoms with Gasteiger partial charge in [-0.25, -0.2) is 4.72 Å². The van der Waals surface area contributed by atoms with Crippen LogP contribution in [0.2, 0.25) is 0 Å². The average Bonchev–Trinajstić information content (AvgIpc) is 2.23. The molecule has 0 aliphatic heterocycles. The van der Waals surface area contributed by atoms with E-state index in [0.29, 0.717) is 32.0 Å². The summed E-state index contributed by atoms with van der Waals surface area (Å²) in [6, 6.07) is 0. The molecule has 0 heterocycles. The van der Waals surface area contributed by atoms with E-state index in [1.54, 1.807) is 7.05 Å². The van der Waals surface area contributed by atoms with Gasteiger partial charge in [-0.2, -0.15) is 12.7 Å². The van der Waals surface area contributed by atoms with Crippen molar-refractivity contribution in [2.45, 2.75) is 34.1 Å². The summed E-state index contributed by atoms with van der Waals surface area (Å²) in [5, 5.41) is 0. The fourth-order valence-electron chi connectivity index (χ4n) is 1.03. The van der Waals surface area contributed by atoms with E-state index >= 15 is 0 Å². The molecule has 3 N–H and O–H groups in total. The summed E-state index contributed by atoms with van der Waals surface area (Å²) in [5.41, 5.74) is 5.31. The summed E-state index contributed by atoms with van der Waals surface area (Å²) in [6.45, 7) is 9.68. The smallest absolute Gasteiger partial charge is 0.279 e. The fourth-order valence-corrected chi connectivity index (χ4v) is 2.17. The van der Waals surface area contributed by atoms with E-state index in [-0.39, 0.29) is 5.41 Å². The maximum Gasteiger partial charge on any atom is 0.279 e. The third kappa shape index (κ3) is 5.81. The van der Waals surface area contributed by atoms with E-state index in [4.69, 9.17) is 5.73 Å². The van der Waals surface area contributed by atoms with Crippen molar-refractivity contribution in [1.29, 1.82) is 0 Å². The second-order valence-electron chi connectivity index (χ2n) is 5.43. The summed E-state index contributed by atoms with van der Waals surface area (Å²) < 4.78 is 27.7. The third-order valence-corrected chi connectivity index (χ3v) is 4.87. The molecule has 0 aromatic carbocycles. The van der Waals surface area contributed by atoms with Crippen LogP contribution < -0.4 is 10.5 Å². The lowest BCUT2D eigenvalue weighted by Crippen LogP contribution is -2.44. The highest BCUT2D eigenvalue weighted by molar-refractivity contribution is 7.87. The molecule has 6 heteroatoms. The van der Waals surface area contributed by atoms with Crippen molar-refractivity contribution in [2.75, 3.05) is 26.7 Å². The minimum atomic E-state index is -3.37. The van der Waals surface area contributed by atoms with Crippen molar-refractivity contribution >= 4 is 10.2 Å². The summed E-state index contributed by atoms with van der Waals surface area (Å²) in [5.74, 6) is 0.416. The lowest BCUT2D eigenvalue weighted by atomic mass is 9.81. The van der Waals surface area contributed by atoms with Crippen LogP contribution in [-0.2, 0) is 10.2 Å². The number of nitrogens with two attached hydrogens (primary N) is 1. The van der Waals surface area contributed by atoms with Crippen LogP contribution in [0, 0.1) is 11.3 Å². The predicted molar refractivity (Wildman–Crippen MR) is 71.8 cm³/mol. The molecule has 0 atom stereocenters. The Morgan fingerprint density at radius 1 is 1.35 bits per heavy atom. The Labute approximate surface area is 106 Å². The lowest BCUT2D eigenvalue weighted by Gasteiger charge is -2.30. The first-order valence-corrected chi connectivity index (χ1v) is 7.48. The Balaban J connectivity index is 4.37. The Morgan fingerprint density at radius 3 is 2.29 bits per heavy atom. The molecule has 0 spiro atoms. The molecule has 17 heavy (non-hydrogen) atoms. The maximum absolute atomic E-state index is 11.9. The normalized spacial score (nSPS) is 13.6. The number of hydrogen-bond donors (Lipinski definition) is 2. The maximum atomic E-state index is 11.9. The Morgan fingerprint density at radius 2 is 1.88 bits per heavy atom. The van der Waals surface area contributed by atoms with E-state index < -0.39 is 10.2 Å². The highest BCUT2D eigenvalue weighted by atomic mass is 32.2.